The van der Waals surface area contributed by atoms with E-state index in [1.165, 1.54) is 42.7 Å². The van der Waals surface area contributed by atoms with Crippen LogP contribution in [-0.2, 0) is 6.42 Å². The molecule has 2 heteroatoms. The van der Waals surface area contributed by atoms with Crippen molar-refractivity contribution < 1.29 is 0 Å². The fraction of sp³-hybridized carbons (Fsp3) is 0.727. The van der Waals surface area contributed by atoms with Crippen molar-refractivity contribution in [2.24, 2.45) is 0 Å². The van der Waals surface area contributed by atoms with E-state index < -0.39 is 0 Å². The van der Waals surface area contributed by atoms with Crippen molar-refractivity contribution in [2.75, 3.05) is 0 Å². The molecule has 1 heterocycles. The van der Waals surface area contributed by atoms with Gasteiger partial charge < -0.3 is 0 Å². The quantitative estimate of drug-likeness (QED) is 0.700. The SMILES string of the molecule is CCc1cc(C2CCCCC2)ns1. The van der Waals surface area contributed by atoms with Crippen LogP contribution in [0.5, 0.6) is 0 Å². The molecule has 1 saturated carbocycles. The predicted octanol–water partition coefficient (Wildman–Crippen LogP) is 3.75. The summed E-state index contributed by atoms with van der Waals surface area (Å²) >= 11 is 1.69. The van der Waals surface area contributed by atoms with E-state index in [-0.39, 0.29) is 0 Å². The molecule has 0 aliphatic heterocycles. The van der Waals surface area contributed by atoms with Crippen LogP contribution in [0.25, 0.3) is 0 Å². The van der Waals surface area contributed by atoms with Crippen molar-refractivity contribution in [2.45, 2.75) is 51.4 Å². The molecule has 0 unspecified atom stereocenters. The number of rotatable bonds is 2. The van der Waals surface area contributed by atoms with Gasteiger partial charge in [0.2, 0.25) is 0 Å². The zero-order valence-corrected chi connectivity index (χ0v) is 9.07. The van der Waals surface area contributed by atoms with Crippen molar-refractivity contribution in [1.82, 2.24) is 4.37 Å². The van der Waals surface area contributed by atoms with Gasteiger partial charge in [-0.2, -0.15) is 4.37 Å². The van der Waals surface area contributed by atoms with Gasteiger partial charge in [0.1, 0.15) is 0 Å². The van der Waals surface area contributed by atoms with E-state index >= 15 is 0 Å². The highest BCUT2D eigenvalue weighted by molar-refractivity contribution is 7.05. The van der Waals surface area contributed by atoms with Gasteiger partial charge in [0.05, 0.1) is 5.69 Å². The summed E-state index contributed by atoms with van der Waals surface area (Å²) in [5.74, 6) is 0.783. The summed E-state index contributed by atoms with van der Waals surface area (Å²) in [6.45, 7) is 2.21. The first-order valence-corrected chi connectivity index (χ1v) is 6.13. The van der Waals surface area contributed by atoms with Crippen molar-refractivity contribution in [3.63, 3.8) is 0 Å². The molecule has 2 rings (SSSR count). The van der Waals surface area contributed by atoms with Gasteiger partial charge in [0.25, 0.3) is 0 Å². The summed E-state index contributed by atoms with van der Waals surface area (Å²) < 4.78 is 4.55. The second-order valence-corrected chi connectivity index (χ2v) is 4.80. The molecule has 1 nitrogen and oxygen atoms in total. The summed E-state index contributed by atoms with van der Waals surface area (Å²) in [6, 6.07) is 2.32. The molecule has 0 atom stereocenters. The lowest BCUT2D eigenvalue weighted by molar-refractivity contribution is 0.438. The molecule has 1 fully saturated rings. The number of aromatic nitrogens is 1. The van der Waals surface area contributed by atoms with E-state index in [9.17, 15) is 0 Å². The number of hydrogen-bond acceptors (Lipinski definition) is 2. The summed E-state index contributed by atoms with van der Waals surface area (Å²) in [4.78, 5) is 1.44. The molecule has 72 valence electrons. The normalized spacial score (nSPS) is 19.2. The molecular formula is C11H17NS. The first-order chi connectivity index (χ1) is 6.40. The Bertz CT molecular complexity index is 261. The standard InChI is InChI=1S/C11H17NS/c1-2-10-8-11(12-13-10)9-6-4-3-5-7-9/h8-9H,2-7H2,1H3. The largest absolute Gasteiger partial charge is 0.197 e. The maximum absolute atomic E-state index is 4.55. The second kappa shape index (κ2) is 4.23. The molecule has 1 aromatic rings. The first-order valence-electron chi connectivity index (χ1n) is 5.35. The Morgan fingerprint density at radius 1 is 1.38 bits per heavy atom. The van der Waals surface area contributed by atoms with Crippen LogP contribution in [0.15, 0.2) is 6.07 Å². The van der Waals surface area contributed by atoms with Crippen molar-refractivity contribution >= 4 is 11.5 Å². The molecular weight excluding hydrogens is 178 g/mol. The molecule has 0 spiro atoms. The Balaban J connectivity index is 2.05. The van der Waals surface area contributed by atoms with Crippen LogP contribution in [0.2, 0.25) is 0 Å². The maximum atomic E-state index is 4.55. The van der Waals surface area contributed by atoms with Crippen LogP contribution in [0.3, 0.4) is 0 Å². The lowest BCUT2D eigenvalue weighted by Crippen LogP contribution is -2.04. The molecule has 0 amide bonds. The molecule has 1 aliphatic rings. The summed E-state index contributed by atoms with van der Waals surface area (Å²) in [6.07, 6.45) is 8.12. The fourth-order valence-corrected chi connectivity index (χ4v) is 2.81. The molecule has 0 aromatic carbocycles. The molecule has 0 bridgehead atoms. The average Bonchev–Trinajstić information content (AvgIpc) is 2.67. The van der Waals surface area contributed by atoms with Gasteiger partial charge in [0.15, 0.2) is 0 Å². The van der Waals surface area contributed by atoms with Crippen LogP contribution < -0.4 is 0 Å². The monoisotopic (exact) mass is 195 g/mol. The Morgan fingerprint density at radius 3 is 2.77 bits per heavy atom. The lowest BCUT2D eigenvalue weighted by atomic mass is 9.87. The summed E-state index contributed by atoms with van der Waals surface area (Å²) in [5, 5.41) is 0. The van der Waals surface area contributed by atoms with E-state index in [1.807, 2.05) is 0 Å². The fourth-order valence-electron chi connectivity index (χ4n) is 2.09. The van der Waals surface area contributed by atoms with Crippen LogP contribution in [0.1, 0.15) is 55.5 Å². The van der Waals surface area contributed by atoms with Gasteiger partial charge in [0, 0.05) is 10.8 Å². The summed E-state index contributed by atoms with van der Waals surface area (Å²) in [5.41, 5.74) is 1.38. The van der Waals surface area contributed by atoms with Gasteiger partial charge >= 0.3 is 0 Å². The van der Waals surface area contributed by atoms with Gasteiger partial charge in [-0.3, -0.25) is 0 Å². The molecule has 0 N–H and O–H groups in total. The van der Waals surface area contributed by atoms with Crippen molar-refractivity contribution in [3.05, 3.63) is 16.6 Å². The van der Waals surface area contributed by atoms with E-state index in [1.54, 1.807) is 11.5 Å². The van der Waals surface area contributed by atoms with E-state index in [4.69, 9.17) is 0 Å². The Labute approximate surface area is 84.3 Å². The van der Waals surface area contributed by atoms with Gasteiger partial charge in [-0.1, -0.05) is 26.2 Å². The van der Waals surface area contributed by atoms with E-state index in [0.717, 1.165) is 12.3 Å². The number of aryl methyl sites for hydroxylation is 1. The molecule has 1 aromatic heterocycles. The highest BCUT2D eigenvalue weighted by Gasteiger charge is 2.17. The predicted molar refractivity (Wildman–Crippen MR) is 57.3 cm³/mol. The molecule has 0 saturated heterocycles. The minimum absolute atomic E-state index is 0.783. The second-order valence-electron chi connectivity index (χ2n) is 3.91. The van der Waals surface area contributed by atoms with Crippen LogP contribution in [0, 0.1) is 0 Å². The van der Waals surface area contributed by atoms with Crippen LogP contribution in [0.4, 0.5) is 0 Å². The maximum Gasteiger partial charge on any atom is 0.0575 e. The van der Waals surface area contributed by atoms with Crippen molar-refractivity contribution in [1.29, 1.82) is 0 Å². The van der Waals surface area contributed by atoms with Crippen LogP contribution >= 0.6 is 11.5 Å². The summed E-state index contributed by atoms with van der Waals surface area (Å²) in [7, 11) is 0. The van der Waals surface area contributed by atoms with Gasteiger partial charge in [-0.15, -0.1) is 0 Å². The van der Waals surface area contributed by atoms with E-state index in [2.05, 4.69) is 17.4 Å². The number of nitrogens with zero attached hydrogens (tertiary/aromatic N) is 1. The Hall–Kier alpha value is -0.370. The van der Waals surface area contributed by atoms with E-state index in [0.29, 0.717) is 0 Å². The van der Waals surface area contributed by atoms with Gasteiger partial charge in [-0.25, -0.2) is 0 Å². The highest BCUT2D eigenvalue weighted by Crippen LogP contribution is 2.32. The molecule has 1 aliphatic carbocycles. The zero-order chi connectivity index (χ0) is 9.10. The van der Waals surface area contributed by atoms with Gasteiger partial charge in [-0.05, 0) is 36.9 Å². The lowest BCUT2D eigenvalue weighted by Gasteiger charge is -2.19. The average molecular weight is 195 g/mol. The third-order valence-electron chi connectivity index (χ3n) is 2.95. The highest BCUT2D eigenvalue weighted by atomic mass is 32.1. The zero-order valence-electron chi connectivity index (χ0n) is 8.25. The minimum Gasteiger partial charge on any atom is -0.197 e. The topological polar surface area (TPSA) is 12.9 Å². The molecule has 13 heavy (non-hydrogen) atoms. The smallest absolute Gasteiger partial charge is 0.0575 e. The number of hydrogen-bond donors (Lipinski definition) is 0. The third kappa shape index (κ3) is 2.11. The minimum atomic E-state index is 0.783. The van der Waals surface area contributed by atoms with Crippen molar-refractivity contribution in [3.8, 4) is 0 Å². The first kappa shape index (κ1) is 9.20. The molecule has 0 radical (unpaired) electrons. The Kier molecular flexibility index (Phi) is 2.99. The third-order valence-corrected chi connectivity index (χ3v) is 3.89. The van der Waals surface area contributed by atoms with Crippen LogP contribution in [-0.4, -0.2) is 4.37 Å². The Morgan fingerprint density at radius 2 is 2.15 bits per heavy atom.